The minimum Gasteiger partial charge on any atom is -0.618 e. The summed E-state index contributed by atoms with van der Waals surface area (Å²) in [5, 5.41) is 30.5. The van der Waals surface area contributed by atoms with E-state index in [4.69, 9.17) is 0 Å². The number of rotatable bonds is 2. The first-order valence-corrected chi connectivity index (χ1v) is 5.05. The normalized spacial score (nSPS) is 11.4. The maximum absolute atomic E-state index is 11.7. The highest BCUT2D eigenvalue weighted by atomic mass is 16.5. The topological polar surface area (TPSA) is 66.5 Å². The Hall–Kier alpha value is -2.49. The Bertz CT molecular complexity index is 550. The molecule has 0 aliphatic heterocycles. The quantitative estimate of drug-likeness (QED) is 0.273. The highest BCUT2D eigenvalue weighted by Gasteiger charge is 2.05. The molecule has 17 heavy (non-hydrogen) atoms. The second kappa shape index (κ2) is 4.57. The summed E-state index contributed by atoms with van der Waals surface area (Å²) in [6.45, 7) is 0. The fraction of sp³-hybridized carbons (Fsp3) is 0. The number of hydrogen-bond acceptors (Lipinski definition) is 3. The van der Waals surface area contributed by atoms with Crippen LogP contribution in [-0.2, 0) is 0 Å². The molecule has 0 unspecified atom stereocenters. The van der Waals surface area contributed by atoms with Crippen molar-refractivity contribution in [3.05, 3.63) is 59.3 Å². The molecule has 4 nitrogen and oxygen atoms in total. The molecule has 0 saturated heterocycles. The third kappa shape index (κ3) is 2.55. The molecular weight excluding hydrogens is 218 g/mol. The Kier molecular flexibility index (Phi) is 2.96. The van der Waals surface area contributed by atoms with Gasteiger partial charge in [0.05, 0.1) is 5.56 Å². The lowest BCUT2D eigenvalue weighted by molar-refractivity contribution is -0.354. The van der Waals surface area contributed by atoms with Gasteiger partial charge in [-0.05, 0) is 18.2 Å². The van der Waals surface area contributed by atoms with Crippen LogP contribution in [0.1, 0.15) is 5.56 Å². The molecule has 86 valence electrons. The number of phenolic OH excluding ortho intramolecular Hbond substituents is 2. The molecule has 0 aliphatic rings. The van der Waals surface area contributed by atoms with E-state index in [1.807, 2.05) is 6.07 Å². The fourth-order valence-corrected chi connectivity index (χ4v) is 1.42. The van der Waals surface area contributed by atoms with Crippen LogP contribution in [0.5, 0.6) is 11.5 Å². The van der Waals surface area contributed by atoms with E-state index < -0.39 is 0 Å². The Morgan fingerprint density at radius 1 is 1.00 bits per heavy atom. The molecule has 2 aromatic rings. The van der Waals surface area contributed by atoms with Gasteiger partial charge in [0.15, 0.2) is 6.21 Å². The first-order valence-electron chi connectivity index (χ1n) is 5.05. The molecule has 0 atom stereocenters. The molecule has 0 fully saturated rings. The van der Waals surface area contributed by atoms with Crippen LogP contribution >= 0.6 is 0 Å². The summed E-state index contributed by atoms with van der Waals surface area (Å²) in [6, 6.07) is 12.6. The molecule has 0 spiro atoms. The summed E-state index contributed by atoms with van der Waals surface area (Å²) in [7, 11) is 0. The monoisotopic (exact) mass is 229 g/mol. The largest absolute Gasteiger partial charge is 0.618 e. The van der Waals surface area contributed by atoms with E-state index in [9.17, 15) is 15.4 Å². The Balaban J connectivity index is 2.39. The highest BCUT2D eigenvalue weighted by molar-refractivity contribution is 5.81. The predicted molar refractivity (Wildman–Crippen MR) is 64.7 cm³/mol. The average molecular weight is 229 g/mol. The number of aromatic hydroxyl groups is 2. The molecule has 4 heteroatoms. The van der Waals surface area contributed by atoms with Gasteiger partial charge < -0.3 is 15.4 Å². The second-order valence-corrected chi connectivity index (χ2v) is 3.53. The minimum atomic E-state index is -0.0559. The number of nitrogens with zero attached hydrogens (tertiary/aromatic N) is 1. The zero-order valence-electron chi connectivity index (χ0n) is 8.95. The van der Waals surface area contributed by atoms with Gasteiger partial charge in [-0.2, -0.15) is 4.74 Å². The summed E-state index contributed by atoms with van der Waals surface area (Å²) in [4.78, 5) is 0. The SMILES string of the molecule is [O-][N+](=Cc1cc(O)ccc1O)c1ccccc1. The van der Waals surface area contributed by atoms with Gasteiger partial charge in [0.25, 0.3) is 0 Å². The van der Waals surface area contributed by atoms with E-state index in [1.165, 1.54) is 24.4 Å². The van der Waals surface area contributed by atoms with Crippen LogP contribution in [0.15, 0.2) is 48.5 Å². The van der Waals surface area contributed by atoms with Crippen molar-refractivity contribution in [3.63, 3.8) is 0 Å². The molecule has 0 aliphatic carbocycles. The van der Waals surface area contributed by atoms with Crippen LogP contribution in [0.3, 0.4) is 0 Å². The molecule has 0 radical (unpaired) electrons. The maximum Gasteiger partial charge on any atom is 0.216 e. The lowest BCUT2D eigenvalue weighted by atomic mass is 10.2. The first-order chi connectivity index (χ1) is 8.16. The van der Waals surface area contributed by atoms with Gasteiger partial charge in [-0.1, -0.05) is 18.2 Å². The molecule has 2 aromatic carbocycles. The third-order valence-corrected chi connectivity index (χ3v) is 2.28. The van der Waals surface area contributed by atoms with Gasteiger partial charge in [0.2, 0.25) is 5.69 Å². The molecule has 2 N–H and O–H groups in total. The number of benzene rings is 2. The zero-order chi connectivity index (χ0) is 12.3. The van der Waals surface area contributed by atoms with Gasteiger partial charge in [0.1, 0.15) is 11.5 Å². The zero-order valence-corrected chi connectivity index (χ0v) is 8.95. The smallest absolute Gasteiger partial charge is 0.216 e. The second-order valence-electron chi connectivity index (χ2n) is 3.53. The van der Waals surface area contributed by atoms with Crippen LogP contribution in [0.4, 0.5) is 5.69 Å². The summed E-state index contributed by atoms with van der Waals surface area (Å²) >= 11 is 0. The van der Waals surface area contributed by atoms with Gasteiger partial charge in [0, 0.05) is 12.1 Å². The molecule has 0 saturated carbocycles. The summed E-state index contributed by atoms with van der Waals surface area (Å²) in [5.74, 6) is -0.0601. The molecule has 2 rings (SSSR count). The van der Waals surface area contributed by atoms with Crippen LogP contribution in [-0.4, -0.2) is 21.2 Å². The average Bonchev–Trinajstić information content (AvgIpc) is 2.35. The van der Waals surface area contributed by atoms with Crippen molar-refractivity contribution in [1.29, 1.82) is 0 Å². The number of hydrogen-bond donors (Lipinski definition) is 2. The molecular formula is C13H11NO3. The van der Waals surface area contributed by atoms with Crippen LogP contribution in [0.25, 0.3) is 0 Å². The standard InChI is InChI=1S/C13H11NO3/c15-12-6-7-13(16)10(8-12)9-14(17)11-4-2-1-3-5-11/h1-9,15-16H. The van der Waals surface area contributed by atoms with Crippen LogP contribution in [0, 0.1) is 5.21 Å². The van der Waals surface area contributed by atoms with E-state index in [1.54, 1.807) is 24.3 Å². The Morgan fingerprint density at radius 2 is 1.71 bits per heavy atom. The summed E-state index contributed by atoms with van der Waals surface area (Å²) in [6.07, 6.45) is 1.21. The van der Waals surface area contributed by atoms with E-state index in [2.05, 4.69) is 0 Å². The van der Waals surface area contributed by atoms with Crippen molar-refractivity contribution in [2.75, 3.05) is 0 Å². The van der Waals surface area contributed by atoms with E-state index in [0.717, 1.165) is 0 Å². The maximum atomic E-state index is 11.7. The Morgan fingerprint density at radius 3 is 2.41 bits per heavy atom. The lowest BCUT2D eigenvalue weighted by Crippen LogP contribution is -1.98. The van der Waals surface area contributed by atoms with Crippen molar-refractivity contribution in [3.8, 4) is 11.5 Å². The van der Waals surface area contributed by atoms with Crippen LogP contribution < -0.4 is 0 Å². The molecule has 0 amide bonds. The van der Waals surface area contributed by atoms with Crippen LogP contribution in [0.2, 0.25) is 0 Å². The summed E-state index contributed by atoms with van der Waals surface area (Å²) in [5.41, 5.74) is 0.721. The van der Waals surface area contributed by atoms with Crippen molar-refractivity contribution in [2.24, 2.45) is 0 Å². The summed E-state index contributed by atoms with van der Waals surface area (Å²) < 4.78 is 0.633. The van der Waals surface area contributed by atoms with Crippen molar-refractivity contribution >= 4 is 11.9 Å². The highest BCUT2D eigenvalue weighted by Crippen LogP contribution is 2.21. The van der Waals surface area contributed by atoms with Crippen molar-refractivity contribution in [1.82, 2.24) is 0 Å². The fourth-order valence-electron chi connectivity index (χ4n) is 1.42. The van der Waals surface area contributed by atoms with Crippen molar-refractivity contribution in [2.45, 2.75) is 0 Å². The van der Waals surface area contributed by atoms with E-state index >= 15 is 0 Å². The predicted octanol–water partition coefficient (Wildman–Crippen LogP) is 2.36. The van der Waals surface area contributed by atoms with Gasteiger partial charge in [-0.15, -0.1) is 0 Å². The third-order valence-electron chi connectivity index (χ3n) is 2.28. The van der Waals surface area contributed by atoms with Gasteiger partial charge >= 0.3 is 0 Å². The number of phenols is 2. The molecule has 0 heterocycles. The molecule has 0 aromatic heterocycles. The Labute approximate surface area is 98.3 Å². The minimum absolute atomic E-state index is 0.00416. The number of para-hydroxylation sites is 1. The first kappa shape index (κ1) is 11.0. The van der Waals surface area contributed by atoms with Crippen molar-refractivity contribution < 1.29 is 15.0 Å². The lowest BCUT2D eigenvalue weighted by Gasteiger charge is -2.03. The van der Waals surface area contributed by atoms with E-state index in [0.29, 0.717) is 10.4 Å². The molecule has 0 bridgehead atoms. The van der Waals surface area contributed by atoms with Gasteiger partial charge in [-0.3, -0.25) is 0 Å². The van der Waals surface area contributed by atoms with Gasteiger partial charge in [-0.25, -0.2) is 0 Å². The van der Waals surface area contributed by atoms with E-state index in [-0.39, 0.29) is 17.1 Å².